The Morgan fingerprint density at radius 1 is 1.28 bits per heavy atom. The van der Waals surface area contributed by atoms with Crippen LogP contribution in [-0.2, 0) is 22.6 Å². The lowest BCUT2D eigenvalue weighted by molar-refractivity contribution is 0.0598. The Kier molecular flexibility index (Phi) is 5.89. The molecule has 0 saturated carbocycles. The first-order chi connectivity index (χ1) is 12.2. The van der Waals surface area contributed by atoms with E-state index in [0.717, 1.165) is 38.3 Å². The molecule has 3 rings (SSSR count). The molecule has 25 heavy (non-hydrogen) atoms. The highest BCUT2D eigenvalue weighted by molar-refractivity contribution is 5.90. The Balaban J connectivity index is 1.73. The highest BCUT2D eigenvalue weighted by Gasteiger charge is 2.22. The maximum atomic E-state index is 11.8. The van der Waals surface area contributed by atoms with E-state index in [2.05, 4.69) is 17.0 Å². The molecule has 2 heterocycles. The van der Waals surface area contributed by atoms with Gasteiger partial charge in [-0.2, -0.15) is 0 Å². The second kappa shape index (κ2) is 8.32. The molecule has 1 aliphatic rings. The number of esters is 1. The van der Waals surface area contributed by atoms with Crippen molar-refractivity contribution in [2.75, 3.05) is 20.3 Å². The molecular formula is C20H25NO4. The number of ether oxygens (including phenoxy) is 2. The van der Waals surface area contributed by atoms with Crippen molar-refractivity contribution in [3.63, 3.8) is 0 Å². The summed E-state index contributed by atoms with van der Waals surface area (Å²) < 4.78 is 16.4. The van der Waals surface area contributed by atoms with Crippen LogP contribution < -0.4 is 0 Å². The minimum absolute atomic E-state index is 0.264. The maximum Gasteiger partial charge on any atom is 0.341 e. The Morgan fingerprint density at radius 3 is 2.76 bits per heavy atom. The molecular weight excluding hydrogens is 318 g/mol. The highest BCUT2D eigenvalue weighted by Crippen LogP contribution is 2.21. The third-order valence-corrected chi connectivity index (χ3v) is 4.49. The molecule has 1 unspecified atom stereocenters. The first kappa shape index (κ1) is 17.7. The first-order valence-corrected chi connectivity index (χ1v) is 8.71. The van der Waals surface area contributed by atoms with Crippen LogP contribution in [-0.4, -0.2) is 37.2 Å². The molecule has 0 bridgehead atoms. The fourth-order valence-corrected chi connectivity index (χ4v) is 3.26. The number of rotatable bonds is 7. The van der Waals surface area contributed by atoms with Gasteiger partial charge >= 0.3 is 5.97 Å². The van der Waals surface area contributed by atoms with Crippen LogP contribution in [0.4, 0.5) is 0 Å². The van der Waals surface area contributed by atoms with Gasteiger partial charge in [0.05, 0.1) is 19.8 Å². The van der Waals surface area contributed by atoms with E-state index in [1.165, 1.54) is 12.7 Å². The van der Waals surface area contributed by atoms with Crippen LogP contribution in [0.25, 0.3) is 0 Å². The van der Waals surface area contributed by atoms with Crippen molar-refractivity contribution in [2.45, 2.75) is 39.0 Å². The number of carbonyl (C=O) groups excluding carboxylic acids is 1. The number of benzene rings is 1. The number of carbonyl (C=O) groups is 1. The van der Waals surface area contributed by atoms with E-state index in [4.69, 9.17) is 13.9 Å². The lowest BCUT2D eigenvalue weighted by Gasteiger charge is -2.24. The molecule has 0 radical (unpaired) electrons. The number of hydrogen-bond acceptors (Lipinski definition) is 5. The molecule has 0 N–H and O–H groups in total. The second-order valence-electron chi connectivity index (χ2n) is 6.46. The standard InChI is InChI=1S/C20H25NO4/c1-15-19(20(22)23-2)11-18(25-15)14-21(13-17-9-6-10-24-17)12-16-7-4-3-5-8-16/h3-5,7-8,11,17H,6,9-10,12-14H2,1-2H3. The van der Waals surface area contributed by atoms with Crippen LogP contribution in [0, 0.1) is 6.92 Å². The van der Waals surface area contributed by atoms with Crippen LogP contribution >= 0.6 is 0 Å². The summed E-state index contributed by atoms with van der Waals surface area (Å²) in [4.78, 5) is 14.1. The SMILES string of the molecule is COC(=O)c1cc(CN(Cc2ccccc2)CC2CCCO2)oc1C. The lowest BCUT2D eigenvalue weighted by Crippen LogP contribution is -2.31. The van der Waals surface area contributed by atoms with Gasteiger partial charge in [-0.05, 0) is 31.4 Å². The summed E-state index contributed by atoms with van der Waals surface area (Å²) in [6.45, 7) is 4.93. The van der Waals surface area contributed by atoms with Crippen LogP contribution in [0.15, 0.2) is 40.8 Å². The monoisotopic (exact) mass is 343 g/mol. The van der Waals surface area contributed by atoms with Crippen LogP contribution in [0.5, 0.6) is 0 Å². The molecule has 1 aromatic carbocycles. The average molecular weight is 343 g/mol. The number of methoxy groups -OCH3 is 1. The van der Waals surface area contributed by atoms with Gasteiger partial charge in [-0.15, -0.1) is 0 Å². The molecule has 1 aliphatic heterocycles. The summed E-state index contributed by atoms with van der Waals surface area (Å²) in [5, 5.41) is 0. The highest BCUT2D eigenvalue weighted by atomic mass is 16.5. The van der Waals surface area contributed by atoms with Gasteiger partial charge in [0.1, 0.15) is 17.1 Å². The van der Waals surface area contributed by atoms with E-state index >= 15 is 0 Å². The van der Waals surface area contributed by atoms with E-state index in [-0.39, 0.29) is 12.1 Å². The lowest BCUT2D eigenvalue weighted by atomic mass is 10.1. The van der Waals surface area contributed by atoms with E-state index < -0.39 is 0 Å². The molecule has 1 atom stereocenters. The molecule has 0 spiro atoms. The molecule has 5 heteroatoms. The molecule has 134 valence electrons. The zero-order chi connectivity index (χ0) is 17.6. The van der Waals surface area contributed by atoms with Gasteiger partial charge in [-0.1, -0.05) is 30.3 Å². The van der Waals surface area contributed by atoms with E-state index in [1.54, 1.807) is 13.0 Å². The van der Waals surface area contributed by atoms with Gasteiger partial charge < -0.3 is 13.9 Å². The molecule has 2 aromatic rings. The summed E-state index contributed by atoms with van der Waals surface area (Å²) in [6.07, 6.45) is 2.48. The average Bonchev–Trinajstić information content (AvgIpc) is 3.24. The van der Waals surface area contributed by atoms with Crippen molar-refractivity contribution in [3.8, 4) is 0 Å². The minimum Gasteiger partial charge on any atom is -0.465 e. The third kappa shape index (κ3) is 4.71. The fourth-order valence-electron chi connectivity index (χ4n) is 3.26. The molecule has 0 aliphatic carbocycles. The zero-order valence-corrected chi connectivity index (χ0v) is 14.9. The maximum absolute atomic E-state index is 11.8. The predicted molar refractivity (Wildman–Crippen MR) is 94.3 cm³/mol. The van der Waals surface area contributed by atoms with Crippen molar-refractivity contribution in [1.82, 2.24) is 4.90 Å². The third-order valence-electron chi connectivity index (χ3n) is 4.49. The predicted octanol–water partition coefficient (Wildman–Crippen LogP) is 3.56. The van der Waals surface area contributed by atoms with E-state index in [1.807, 2.05) is 18.2 Å². The van der Waals surface area contributed by atoms with Crippen LogP contribution in [0.2, 0.25) is 0 Å². The Bertz CT molecular complexity index is 689. The number of nitrogens with zero attached hydrogens (tertiary/aromatic N) is 1. The second-order valence-corrected chi connectivity index (χ2v) is 6.46. The van der Waals surface area contributed by atoms with Crippen molar-refractivity contribution < 1.29 is 18.7 Å². The summed E-state index contributed by atoms with van der Waals surface area (Å²) >= 11 is 0. The summed E-state index contributed by atoms with van der Waals surface area (Å²) in [7, 11) is 1.38. The number of aryl methyl sites for hydroxylation is 1. The van der Waals surface area contributed by atoms with Crippen LogP contribution in [0.3, 0.4) is 0 Å². The van der Waals surface area contributed by atoms with Crippen molar-refractivity contribution >= 4 is 5.97 Å². The van der Waals surface area contributed by atoms with Gasteiger partial charge in [-0.25, -0.2) is 4.79 Å². The van der Waals surface area contributed by atoms with Crippen molar-refractivity contribution in [1.29, 1.82) is 0 Å². The molecule has 1 aromatic heterocycles. The van der Waals surface area contributed by atoms with Gasteiger partial charge in [0.2, 0.25) is 0 Å². The van der Waals surface area contributed by atoms with E-state index in [9.17, 15) is 4.79 Å². The van der Waals surface area contributed by atoms with Gasteiger partial charge in [0, 0.05) is 19.7 Å². The fraction of sp³-hybridized carbons (Fsp3) is 0.450. The van der Waals surface area contributed by atoms with Crippen molar-refractivity contribution in [2.24, 2.45) is 0 Å². The van der Waals surface area contributed by atoms with Crippen LogP contribution in [0.1, 0.15) is 40.3 Å². The molecule has 5 nitrogen and oxygen atoms in total. The van der Waals surface area contributed by atoms with Gasteiger partial charge in [0.15, 0.2) is 0 Å². The Hall–Kier alpha value is -2.11. The quantitative estimate of drug-likeness (QED) is 0.720. The van der Waals surface area contributed by atoms with Gasteiger partial charge in [0.25, 0.3) is 0 Å². The van der Waals surface area contributed by atoms with Crippen molar-refractivity contribution in [3.05, 3.63) is 59.0 Å². The Labute approximate surface area is 148 Å². The first-order valence-electron chi connectivity index (χ1n) is 8.71. The molecule has 1 fully saturated rings. The van der Waals surface area contributed by atoms with E-state index in [0.29, 0.717) is 17.9 Å². The summed E-state index contributed by atoms with van der Waals surface area (Å²) in [5.41, 5.74) is 1.74. The van der Waals surface area contributed by atoms with Gasteiger partial charge in [-0.3, -0.25) is 4.90 Å². The largest absolute Gasteiger partial charge is 0.465 e. The topological polar surface area (TPSA) is 51.9 Å². The summed E-state index contributed by atoms with van der Waals surface area (Å²) in [6, 6.07) is 12.1. The molecule has 1 saturated heterocycles. The number of hydrogen-bond donors (Lipinski definition) is 0. The molecule has 0 amide bonds. The normalized spacial score (nSPS) is 17.2. The number of furan rings is 1. The summed E-state index contributed by atoms with van der Waals surface area (Å²) in [5.74, 6) is 1.01. The smallest absolute Gasteiger partial charge is 0.341 e. The minimum atomic E-state index is -0.360. The zero-order valence-electron chi connectivity index (χ0n) is 14.9. The Morgan fingerprint density at radius 2 is 2.08 bits per heavy atom.